The zero-order chi connectivity index (χ0) is 21.6. The van der Waals surface area contributed by atoms with Gasteiger partial charge in [-0.15, -0.1) is 0 Å². The van der Waals surface area contributed by atoms with Crippen molar-refractivity contribution in [3.63, 3.8) is 0 Å². The summed E-state index contributed by atoms with van der Waals surface area (Å²) in [5.74, 6) is -1.70. The molecule has 7 heteroatoms. The third-order valence-electron chi connectivity index (χ3n) is 5.32. The summed E-state index contributed by atoms with van der Waals surface area (Å²) >= 11 is 0. The number of carbonyl (C=O) groups excluding carboxylic acids is 2. The quantitative estimate of drug-likeness (QED) is 0.732. The van der Waals surface area contributed by atoms with Gasteiger partial charge in [0, 0.05) is 28.3 Å². The Kier molecular flexibility index (Phi) is 4.76. The van der Waals surface area contributed by atoms with E-state index in [1.165, 1.54) is 12.1 Å². The van der Waals surface area contributed by atoms with Crippen LogP contribution in [0.4, 0.5) is 13.2 Å². The standard InChI is InChI=1S/C23H18F3NO3/c1-3-30-22(29)17-12(2)27-20-15-6-4-5-7-16(15)21(28)19(20)18(17)13-8-10-14(11-9-13)23(24,25)26/h4-11,18,27H,3H2,1-2H3/t18-/m0/s1. The van der Waals surface area contributed by atoms with E-state index in [1.54, 1.807) is 38.1 Å². The average molecular weight is 413 g/mol. The minimum atomic E-state index is -4.48. The second kappa shape index (κ2) is 7.16. The second-order valence-corrected chi connectivity index (χ2v) is 7.10. The van der Waals surface area contributed by atoms with Gasteiger partial charge in [0.2, 0.25) is 0 Å². The van der Waals surface area contributed by atoms with E-state index >= 15 is 0 Å². The molecule has 0 bridgehead atoms. The van der Waals surface area contributed by atoms with Crippen LogP contribution < -0.4 is 5.32 Å². The average Bonchev–Trinajstić information content (AvgIpc) is 2.99. The first-order valence-corrected chi connectivity index (χ1v) is 9.44. The van der Waals surface area contributed by atoms with E-state index < -0.39 is 23.6 Å². The van der Waals surface area contributed by atoms with E-state index in [2.05, 4.69) is 5.32 Å². The van der Waals surface area contributed by atoms with Crippen LogP contribution in [0.5, 0.6) is 0 Å². The van der Waals surface area contributed by atoms with Crippen LogP contribution in [0.2, 0.25) is 0 Å². The molecule has 0 saturated carbocycles. The number of allylic oxidation sites excluding steroid dienone is 2. The SMILES string of the molecule is CCOC(=O)C1=C(C)NC2=C(C(=O)c3ccccc32)[C@H]1c1ccc(C(F)(F)F)cc1. The molecule has 2 aromatic carbocycles. The molecule has 0 spiro atoms. The van der Waals surface area contributed by atoms with Gasteiger partial charge in [0.15, 0.2) is 5.78 Å². The first kappa shape index (κ1) is 19.9. The van der Waals surface area contributed by atoms with Crippen LogP contribution in [-0.2, 0) is 15.7 Å². The van der Waals surface area contributed by atoms with Crippen molar-refractivity contribution in [1.29, 1.82) is 0 Å². The van der Waals surface area contributed by atoms with Crippen LogP contribution in [0.25, 0.3) is 5.70 Å². The molecule has 1 aliphatic heterocycles. The van der Waals surface area contributed by atoms with Gasteiger partial charge < -0.3 is 10.1 Å². The maximum Gasteiger partial charge on any atom is 0.416 e. The van der Waals surface area contributed by atoms with Gasteiger partial charge in [0.25, 0.3) is 0 Å². The highest BCUT2D eigenvalue weighted by atomic mass is 19.4. The van der Waals surface area contributed by atoms with Gasteiger partial charge in [-0.3, -0.25) is 4.79 Å². The summed E-state index contributed by atoms with van der Waals surface area (Å²) < 4.78 is 44.3. The lowest BCUT2D eigenvalue weighted by Gasteiger charge is -2.29. The summed E-state index contributed by atoms with van der Waals surface area (Å²) in [5.41, 5.74) is 2.45. The number of hydrogen-bond acceptors (Lipinski definition) is 4. The lowest BCUT2D eigenvalue weighted by molar-refractivity contribution is -0.139. The van der Waals surface area contributed by atoms with Crippen LogP contribution >= 0.6 is 0 Å². The highest BCUT2D eigenvalue weighted by Gasteiger charge is 2.43. The number of Topliss-reactive ketones (excluding diaryl/α,β-unsaturated/α-hetero) is 1. The van der Waals surface area contributed by atoms with Crippen LogP contribution in [0, 0.1) is 0 Å². The summed E-state index contributed by atoms with van der Waals surface area (Å²) in [5, 5.41) is 3.15. The van der Waals surface area contributed by atoms with Crippen molar-refractivity contribution >= 4 is 17.4 Å². The molecule has 1 heterocycles. The van der Waals surface area contributed by atoms with Crippen LogP contribution in [-0.4, -0.2) is 18.4 Å². The third-order valence-corrected chi connectivity index (χ3v) is 5.32. The first-order valence-electron chi connectivity index (χ1n) is 9.44. The Balaban J connectivity index is 1.89. The van der Waals surface area contributed by atoms with Crippen molar-refractivity contribution in [3.05, 3.63) is 87.6 Å². The Morgan fingerprint density at radius 3 is 2.30 bits per heavy atom. The third kappa shape index (κ3) is 3.10. The Morgan fingerprint density at radius 2 is 1.70 bits per heavy atom. The van der Waals surface area contributed by atoms with Gasteiger partial charge in [0.1, 0.15) is 0 Å². The van der Waals surface area contributed by atoms with Gasteiger partial charge in [-0.05, 0) is 31.5 Å². The minimum Gasteiger partial charge on any atom is -0.463 e. The summed E-state index contributed by atoms with van der Waals surface area (Å²) in [6, 6.07) is 11.6. The zero-order valence-electron chi connectivity index (χ0n) is 16.3. The summed E-state index contributed by atoms with van der Waals surface area (Å²) in [4.78, 5) is 26.0. The smallest absolute Gasteiger partial charge is 0.416 e. The lowest BCUT2D eigenvalue weighted by atomic mass is 9.79. The van der Waals surface area contributed by atoms with Crippen LogP contribution in [0.15, 0.2) is 65.4 Å². The van der Waals surface area contributed by atoms with Crippen molar-refractivity contribution in [2.75, 3.05) is 6.61 Å². The number of esters is 1. The molecule has 4 rings (SSSR count). The molecule has 4 nitrogen and oxygen atoms in total. The fourth-order valence-electron chi connectivity index (χ4n) is 4.01. The highest BCUT2D eigenvalue weighted by Crippen LogP contribution is 2.47. The number of dihydropyridines is 1. The molecule has 0 saturated heterocycles. The van der Waals surface area contributed by atoms with E-state index in [0.29, 0.717) is 33.7 Å². The first-order chi connectivity index (χ1) is 14.2. The van der Waals surface area contributed by atoms with Crippen molar-refractivity contribution in [2.24, 2.45) is 0 Å². The van der Waals surface area contributed by atoms with Crippen LogP contribution in [0.3, 0.4) is 0 Å². The molecule has 1 N–H and O–H groups in total. The van der Waals surface area contributed by atoms with Crippen molar-refractivity contribution in [1.82, 2.24) is 5.32 Å². The molecule has 1 aliphatic carbocycles. The number of rotatable bonds is 3. The molecule has 2 aromatic rings. The largest absolute Gasteiger partial charge is 0.463 e. The summed E-state index contributed by atoms with van der Waals surface area (Å²) in [7, 11) is 0. The number of nitrogens with one attached hydrogen (secondary N) is 1. The van der Waals surface area contributed by atoms with E-state index in [4.69, 9.17) is 4.74 Å². The number of hydrogen-bond donors (Lipinski definition) is 1. The number of ketones is 1. The van der Waals surface area contributed by atoms with E-state index in [1.807, 2.05) is 0 Å². The highest BCUT2D eigenvalue weighted by molar-refractivity contribution is 6.23. The molecule has 30 heavy (non-hydrogen) atoms. The molecule has 2 aliphatic rings. The van der Waals surface area contributed by atoms with E-state index in [0.717, 1.165) is 12.1 Å². The van der Waals surface area contributed by atoms with Crippen molar-refractivity contribution in [3.8, 4) is 0 Å². The van der Waals surface area contributed by atoms with Crippen molar-refractivity contribution in [2.45, 2.75) is 25.9 Å². The Labute approximate surface area is 171 Å². The molecule has 0 fully saturated rings. The molecule has 0 aromatic heterocycles. The predicted octanol–water partition coefficient (Wildman–Crippen LogP) is 4.84. The maximum atomic E-state index is 13.2. The fourth-order valence-corrected chi connectivity index (χ4v) is 4.01. The van der Waals surface area contributed by atoms with E-state index in [-0.39, 0.29) is 18.0 Å². The Hall–Kier alpha value is -3.35. The summed E-state index contributed by atoms with van der Waals surface area (Å²) in [6.07, 6.45) is -4.48. The molecule has 154 valence electrons. The molecule has 0 radical (unpaired) electrons. The van der Waals surface area contributed by atoms with Gasteiger partial charge in [-0.2, -0.15) is 13.2 Å². The Morgan fingerprint density at radius 1 is 1.07 bits per heavy atom. The van der Waals surface area contributed by atoms with Gasteiger partial charge in [-0.1, -0.05) is 36.4 Å². The van der Waals surface area contributed by atoms with Gasteiger partial charge >= 0.3 is 12.1 Å². The summed E-state index contributed by atoms with van der Waals surface area (Å²) in [6.45, 7) is 3.49. The number of alkyl halides is 3. The molecule has 0 amide bonds. The monoisotopic (exact) mass is 413 g/mol. The number of fused-ring (bicyclic) bond motifs is 2. The van der Waals surface area contributed by atoms with Gasteiger partial charge in [-0.25, -0.2) is 4.79 Å². The predicted molar refractivity (Wildman–Crippen MR) is 104 cm³/mol. The van der Waals surface area contributed by atoms with Crippen LogP contribution in [0.1, 0.15) is 46.8 Å². The van der Waals surface area contributed by atoms with Crippen molar-refractivity contribution < 1.29 is 27.5 Å². The molecule has 0 unspecified atom stereocenters. The second-order valence-electron chi connectivity index (χ2n) is 7.10. The number of benzene rings is 2. The normalized spacial score (nSPS) is 18.2. The minimum absolute atomic E-state index is 0.134. The zero-order valence-corrected chi connectivity index (χ0v) is 16.3. The molecular formula is C23H18F3NO3. The fraction of sp³-hybridized carbons (Fsp3) is 0.217. The topological polar surface area (TPSA) is 55.4 Å². The van der Waals surface area contributed by atoms with E-state index in [9.17, 15) is 22.8 Å². The Bertz CT molecular complexity index is 1110. The number of ether oxygens (including phenoxy) is 1. The molecular weight excluding hydrogens is 395 g/mol. The maximum absolute atomic E-state index is 13.2. The lowest BCUT2D eigenvalue weighted by Crippen LogP contribution is -2.29. The molecule has 1 atom stereocenters. The number of halogens is 3. The number of carbonyl (C=O) groups is 2. The van der Waals surface area contributed by atoms with Gasteiger partial charge in [0.05, 0.1) is 23.4 Å².